The fourth-order valence-corrected chi connectivity index (χ4v) is 6.91. The first kappa shape index (κ1) is 26.1. The van der Waals surface area contributed by atoms with Gasteiger partial charge in [0.15, 0.2) is 4.99 Å². The molecule has 0 aliphatic heterocycles. The summed E-state index contributed by atoms with van der Waals surface area (Å²) in [4.78, 5) is -1.55. The monoisotopic (exact) mass is 446 g/mol. The molecule has 166 valence electrons. The van der Waals surface area contributed by atoms with Gasteiger partial charge in [-0.2, -0.15) is 8.42 Å². The maximum absolute atomic E-state index is 12.8. The van der Waals surface area contributed by atoms with Gasteiger partial charge in [-0.05, 0) is 71.3 Å². The van der Waals surface area contributed by atoms with Crippen LogP contribution in [0.25, 0.3) is 0 Å². The van der Waals surface area contributed by atoms with Gasteiger partial charge in [0.25, 0.3) is 10.1 Å². The van der Waals surface area contributed by atoms with Gasteiger partial charge in [0.2, 0.25) is 0 Å². The van der Waals surface area contributed by atoms with Gasteiger partial charge in [-0.25, -0.2) is 0 Å². The maximum atomic E-state index is 12.8. The SMILES string of the molecule is CCOP(=O)(OCC)C(CCC/C=C(\C)CCCCc1ccccc1)S(=O)(=O)O. The number of hydrogen-bond donors (Lipinski definition) is 1. The highest BCUT2D eigenvalue weighted by molar-refractivity contribution is 7.94. The molecule has 0 saturated heterocycles. The topological polar surface area (TPSA) is 89.9 Å². The van der Waals surface area contributed by atoms with E-state index < -0.39 is 22.7 Å². The Morgan fingerprint density at radius 1 is 1.10 bits per heavy atom. The minimum absolute atomic E-state index is 0.0217. The number of hydrogen-bond acceptors (Lipinski definition) is 5. The molecule has 1 N–H and O–H groups in total. The van der Waals surface area contributed by atoms with E-state index >= 15 is 0 Å². The van der Waals surface area contributed by atoms with Crippen molar-refractivity contribution in [1.82, 2.24) is 0 Å². The van der Waals surface area contributed by atoms with E-state index in [9.17, 15) is 17.5 Å². The number of aryl methyl sites for hydroxylation is 1. The maximum Gasteiger partial charge on any atom is 0.351 e. The number of benzene rings is 1. The van der Waals surface area contributed by atoms with Gasteiger partial charge < -0.3 is 9.05 Å². The van der Waals surface area contributed by atoms with Crippen molar-refractivity contribution in [3.8, 4) is 0 Å². The molecule has 0 spiro atoms. The molecule has 0 bridgehead atoms. The summed E-state index contributed by atoms with van der Waals surface area (Å²) >= 11 is 0. The van der Waals surface area contributed by atoms with E-state index in [4.69, 9.17) is 9.05 Å². The molecule has 0 amide bonds. The Balaban J connectivity index is 2.47. The van der Waals surface area contributed by atoms with Gasteiger partial charge in [0.05, 0.1) is 13.2 Å². The summed E-state index contributed by atoms with van der Waals surface area (Å²) in [6.07, 6.45) is 7.48. The van der Waals surface area contributed by atoms with Crippen LogP contribution in [0.3, 0.4) is 0 Å². The highest BCUT2D eigenvalue weighted by atomic mass is 32.2. The van der Waals surface area contributed by atoms with Gasteiger partial charge >= 0.3 is 7.60 Å². The summed E-state index contributed by atoms with van der Waals surface area (Å²) in [5, 5.41) is 0. The van der Waals surface area contributed by atoms with Crippen molar-refractivity contribution in [3.63, 3.8) is 0 Å². The van der Waals surface area contributed by atoms with Crippen LogP contribution in [0.15, 0.2) is 42.0 Å². The molecule has 1 unspecified atom stereocenters. The minimum Gasteiger partial charge on any atom is -0.308 e. The van der Waals surface area contributed by atoms with Crippen molar-refractivity contribution in [2.75, 3.05) is 13.2 Å². The Morgan fingerprint density at radius 3 is 2.28 bits per heavy atom. The highest BCUT2D eigenvalue weighted by Crippen LogP contribution is 2.56. The normalized spacial score (nSPS) is 14.1. The lowest BCUT2D eigenvalue weighted by Crippen LogP contribution is -2.23. The number of rotatable bonds is 15. The van der Waals surface area contributed by atoms with Crippen molar-refractivity contribution in [2.24, 2.45) is 0 Å². The van der Waals surface area contributed by atoms with E-state index in [2.05, 4.69) is 37.3 Å². The van der Waals surface area contributed by atoms with Gasteiger partial charge in [-0.3, -0.25) is 9.12 Å². The van der Waals surface area contributed by atoms with E-state index in [0.717, 1.165) is 25.7 Å². The molecular weight excluding hydrogens is 411 g/mol. The summed E-state index contributed by atoms with van der Waals surface area (Å²) in [6.45, 7) is 5.37. The molecule has 0 aliphatic rings. The van der Waals surface area contributed by atoms with Gasteiger partial charge in [-0.1, -0.05) is 42.0 Å². The minimum atomic E-state index is -4.55. The predicted octanol–water partition coefficient (Wildman–Crippen LogP) is 6.00. The zero-order chi connectivity index (χ0) is 21.8. The van der Waals surface area contributed by atoms with Crippen LogP contribution in [0.5, 0.6) is 0 Å². The Bertz CT molecular complexity index is 751. The zero-order valence-electron chi connectivity index (χ0n) is 17.7. The lowest BCUT2D eigenvalue weighted by atomic mass is 10.0. The first-order valence-corrected chi connectivity index (χ1v) is 13.4. The lowest BCUT2D eigenvalue weighted by Gasteiger charge is -2.23. The van der Waals surface area contributed by atoms with Crippen LogP contribution < -0.4 is 0 Å². The summed E-state index contributed by atoms with van der Waals surface area (Å²) in [7, 11) is -8.47. The van der Waals surface area contributed by atoms with Crippen molar-refractivity contribution in [3.05, 3.63) is 47.5 Å². The predicted molar refractivity (Wildman–Crippen MR) is 118 cm³/mol. The van der Waals surface area contributed by atoms with E-state index in [1.165, 1.54) is 11.1 Å². The average Bonchev–Trinajstić information content (AvgIpc) is 2.65. The molecule has 1 aromatic carbocycles. The molecule has 0 aromatic heterocycles. The quantitative estimate of drug-likeness (QED) is 0.154. The van der Waals surface area contributed by atoms with E-state index in [-0.39, 0.29) is 19.6 Å². The molecule has 0 radical (unpaired) electrons. The van der Waals surface area contributed by atoms with Crippen LogP contribution in [0, 0.1) is 0 Å². The summed E-state index contributed by atoms with van der Waals surface area (Å²) in [6, 6.07) is 10.4. The summed E-state index contributed by atoms with van der Waals surface area (Å²) in [5.41, 5.74) is 2.60. The molecule has 0 fully saturated rings. The van der Waals surface area contributed by atoms with Gasteiger partial charge in [0, 0.05) is 0 Å². The Morgan fingerprint density at radius 2 is 1.72 bits per heavy atom. The third kappa shape index (κ3) is 10.1. The Hall–Kier alpha value is -0.980. The molecule has 0 heterocycles. The standard InChI is InChI=1S/C21H35O6PS/c1-4-26-28(22,27-5-2)21(29(23,24)25)18-12-10-14-19(3)13-9-11-17-20-15-7-6-8-16-20/h6-8,14-16,21H,4-5,9-13,17-18H2,1-3H3,(H,23,24,25)/b19-14+. The smallest absolute Gasteiger partial charge is 0.308 e. The second-order valence-corrected chi connectivity index (χ2v) is 11.2. The van der Waals surface area contributed by atoms with Gasteiger partial charge in [-0.15, -0.1) is 0 Å². The fourth-order valence-electron chi connectivity index (χ4n) is 3.15. The van der Waals surface area contributed by atoms with Crippen LogP contribution >= 0.6 is 7.60 Å². The second kappa shape index (κ2) is 13.3. The molecule has 29 heavy (non-hydrogen) atoms. The number of unbranched alkanes of at least 4 members (excludes halogenated alkanes) is 2. The largest absolute Gasteiger partial charge is 0.351 e. The van der Waals surface area contributed by atoms with E-state index in [1.807, 2.05) is 6.07 Å². The first-order valence-electron chi connectivity index (χ1n) is 10.3. The van der Waals surface area contributed by atoms with Crippen LogP contribution in [-0.2, 0) is 30.2 Å². The number of allylic oxidation sites excluding steroid dienone is 2. The molecule has 0 aliphatic carbocycles. The Kier molecular flexibility index (Phi) is 12.0. The molecule has 1 aromatic rings. The summed E-state index contributed by atoms with van der Waals surface area (Å²) < 4.78 is 56.1. The van der Waals surface area contributed by atoms with Crippen molar-refractivity contribution in [1.29, 1.82) is 0 Å². The van der Waals surface area contributed by atoms with E-state index in [1.54, 1.807) is 13.8 Å². The molecular formula is C21H35O6PS. The molecule has 1 rings (SSSR count). The van der Waals surface area contributed by atoms with Gasteiger partial charge in [0.1, 0.15) is 0 Å². The fraction of sp³-hybridized carbons (Fsp3) is 0.619. The van der Waals surface area contributed by atoms with Crippen molar-refractivity contribution in [2.45, 2.75) is 70.7 Å². The van der Waals surface area contributed by atoms with Crippen molar-refractivity contribution >= 4 is 17.7 Å². The van der Waals surface area contributed by atoms with E-state index in [0.29, 0.717) is 12.8 Å². The Labute approximate surface area is 176 Å². The summed E-state index contributed by atoms with van der Waals surface area (Å²) in [5.74, 6) is 0. The molecule has 6 nitrogen and oxygen atoms in total. The zero-order valence-corrected chi connectivity index (χ0v) is 19.5. The third-order valence-corrected chi connectivity index (χ3v) is 9.29. The lowest BCUT2D eigenvalue weighted by molar-refractivity contribution is 0.215. The highest BCUT2D eigenvalue weighted by Gasteiger charge is 2.43. The van der Waals surface area contributed by atoms with Crippen molar-refractivity contribution < 1.29 is 26.6 Å². The molecule has 0 saturated carbocycles. The second-order valence-electron chi connectivity index (χ2n) is 7.02. The molecule has 8 heteroatoms. The first-order chi connectivity index (χ1) is 13.7. The van der Waals surface area contributed by atoms with Crippen LogP contribution in [0.4, 0.5) is 0 Å². The van der Waals surface area contributed by atoms with Crippen LogP contribution in [0.2, 0.25) is 0 Å². The third-order valence-electron chi connectivity index (χ3n) is 4.59. The average molecular weight is 447 g/mol. The molecule has 1 atom stereocenters. The van der Waals surface area contributed by atoms with Crippen LogP contribution in [0.1, 0.15) is 64.9 Å². The van der Waals surface area contributed by atoms with Crippen LogP contribution in [-0.4, -0.2) is 31.2 Å².